The van der Waals surface area contributed by atoms with Crippen LogP contribution >= 0.6 is 0 Å². The summed E-state index contributed by atoms with van der Waals surface area (Å²) < 4.78 is 30.1. The van der Waals surface area contributed by atoms with Gasteiger partial charge in [-0.05, 0) is 55.0 Å². The van der Waals surface area contributed by atoms with Crippen LogP contribution in [0.25, 0.3) is 16.6 Å². The summed E-state index contributed by atoms with van der Waals surface area (Å²) in [6.07, 6.45) is 7.17. The van der Waals surface area contributed by atoms with Gasteiger partial charge in [0, 0.05) is 36.6 Å². The Morgan fingerprint density at radius 1 is 1.18 bits per heavy atom. The first-order valence-electron chi connectivity index (χ1n) is 10.3. The molecule has 1 N–H and O–H groups in total. The molecule has 1 aromatic heterocycles. The van der Waals surface area contributed by atoms with Crippen molar-refractivity contribution in [1.29, 1.82) is 0 Å². The Hall–Kier alpha value is -4.14. The number of aromatic carboxylic acids is 1. The molecule has 0 saturated carbocycles. The van der Waals surface area contributed by atoms with Crippen molar-refractivity contribution in [2.75, 3.05) is 18.0 Å². The number of aliphatic imine (C=N–C) groups is 2. The number of halogens is 2. The summed E-state index contributed by atoms with van der Waals surface area (Å²) >= 11 is 0. The molecule has 1 unspecified atom stereocenters. The Bertz CT molecular complexity index is 1410. The van der Waals surface area contributed by atoms with Crippen molar-refractivity contribution in [2.45, 2.75) is 12.5 Å². The molecular formula is C24H18F2N4O3. The molecule has 0 bridgehead atoms. The van der Waals surface area contributed by atoms with Gasteiger partial charge in [0.2, 0.25) is 5.43 Å². The number of amidine groups is 1. The SMILES string of the molecule is O=C(O)c1cn(-c2ccc(F)cc2)c2cc(N3CCC(N=C4C=CC=N4)C3)c(F)cc2c1=O. The Labute approximate surface area is 186 Å². The molecule has 0 spiro atoms. The summed E-state index contributed by atoms with van der Waals surface area (Å²) in [7, 11) is 0. The highest BCUT2D eigenvalue weighted by molar-refractivity contribution is 6.06. The third kappa shape index (κ3) is 3.82. The van der Waals surface area contributed by atoms with Crippen LogP contribution in [0.4, 0.5) is 14.5 Å². The molecule has 0 aliphatic carbocycles. The molecule has 7 nitrogen and oxygen atoms in total. The lowest BCUT2D eigenvalue weighted by atomic mass is 10.1. The molecule has 1 saturated heterocycles. The smallest absolute Gasteiger partial charge is 0.341 e. The first-order valence-corrected chi connectivity index (χ1v) is 10.3. The van der Waals surface area contributed by atoms with E-state index >= 15 is 4.39 Å². The van der Waals surface area contributed by atoms with E-state index in [0.29, 0.717) is 36.6 Å². The number of carboxylic acid groups (broad SMARTS) is 1. The number of fused-ring (bicyclic) bond motifs is 1. The Kier molecular flexibility index (Phi) is 5.08. The van der Waals surface area contributed by atoms with Crippen molar-refractivity contribution >= 4 is 34.6 Å². The molecule has 9 heteroatoms. The zero-order valence-corrected chi connectivity index (χ0v) is 17.3. The molecule has 2 aromatic carbocycles. The second-order valence-electron chi connectivity index (χ2n) is 7.86. The van der Waals surface area contributed by atoms with Gasteiger partial charge >= 0.3 is 5.97 Å². The third-order valence-corrected chi connectivity index (χ3v) is 5.76. The molecule has 2 aliphatic heterocycles. The molecule has 3 aromatic rings. The molecular weight excluding hydrogens is 430 g/mol. The van der Waals surface area contributed by atoms with Gasteiger partial charge in [-0.3, -0.25) is 9.79 Å². The molecule has 33 heavy (non-hydrogen) atoms. The quantitative estimate of drug-likeness (QED) is 0.661. The van der Waals surface area contributed by atoms with Gasteiger partial charge in [0.15, 0.2) is 0 Å². The predicted octanol–water partition coefficient (Wildman–Crippen LogP) is 3.58. The van der Waals surface area contributed by atoms with E-state index < -0.39 is 28.6 Å². The standard InChI is InChI=1S/C24H18F2N4O3/c25-14-3-5-16(6-4-14)30-13-18(24(32)33)23(31)17-10-19(26)21(11-20(17)30)29-9-7-15(12-29)28-22-2-1-8-27-22/h1-6,8,10-11,13,15H,7,9,12H2,(H,32,33). The van der Waals surface area contributed by atoms with Gasteiger partial charge < -0.3 is 14.6 Å². The number of hydrogen-bond donors (Lipinski definition) is 1. The van der Waals surface area contributed by atoms with Gasteiger partial charge in [-0.25, -0.2) is 18.6 Å². The molecule has 0 amide bonds. The molecule has 1 atom stereocenters. The van der Waals surface area contributed by atoms with Gasteiger partial charge in [-0.15, -0.1) is 0 Å². The van der Waals surface area contributed by atoms with Crippen molar-refractivity contribution in [3.8, 4) is 5.69 Å². The van der Waals surface area contributed by atoms with Crippen LogP contribution in [0.5, 0.6) is 0 Å². The number of aromatic nitrogens is 1. The summed E-state index contributed by atoms with van der Waals surface area (Å²) in [4.78, 5) is 35.0. The van der Waals surface area contributed by atoms with Gasteiger partial charge in [0.05, 0.1) is 17.2 Å². The lowest BCUT2D eigenvalue weighted by Gasteiger charge is -2.21. The maximum absolute atomic E-state index is 15.1. The van der Waals surface area contributed by atoms with E-state index in [4.69, 9.17) is 0 Å². The highest BCUT2D eigenvalue weighted by Gasteiger charge is 2.26. The molecule has 5 rings (SSSR count). The Morgan fingerprint density at radius 3 is 2.67 bits per heavy atom. The van der Waals surface area contributed by atoms with E-state index in [9.17, 15) is 19.1 Å². The number of allylic oxidation sites excluding steroid dienone is 1. The van der Waals surface area contributed by atoms with Crippen molar-refractivity contribution in [1.82, 2.24) is 4.57 Å². The Balaban J connectivity index is 1.62. The minimum Gasteiger partial charge on any atom is -0.477 e. The third-order valence-electron chi connectivity index (χ3n) is 5.76. The predicted molar refractivity (Wildman–Crippen MR) is 122 cm³/mol. The van der Waals surface area contributed by atoms with E-state index in [0.717, 1.165) is 6.07 Å². The van der Waals surface area contributed by atoms with Crippen molar-refractivity contribution in [3.63, 3.8) is 0 Å². The molecule has 166 valence electrons. The van der Waals surface area contributed by atoms with E-state index in [2.05, 4.69) is 9.98 Å². The van der Waals surface area contributed by atoms with Crippen LogP contribution in [-0.2, 0) is 0 Å². The lowest BCUT2D eigenvalue weighted by Crippen LogP contribution is -2.23. The van der Waals surface area contributed by atoms with Crippen LogP contribution in [0.1, 0.15) is 16.8 Å². The van der Waals surface area contributed by atoms with Gasteiger partial charge in [0.1, 0.15) is 23.0 Å². The van der Waals surface area contributed by atoms with Gasteiger partial charge in [-0.2, -0.15) is 0 Å². The fourth-order valence-corrected chi connectivity index (χ4v) is 4.17. The van der Waals surface area contributed by atoms with E-state index in [1.54, 1.807) is 18.4 Å². The van der Waals surface area contributed by atoms with E-state index in [1.165, 1.54) is 41.1 Å². The zero-order chi connectivity index (χ0) is 23.1. The molecule has 1 fully saturated rings. The molecule has 0 radical (unpaired) electrons. The number of benzene rings is 2. The number of carbonyl (C=O) groups is 1. The minimum atomic E-state index is -1.42. The number of hydrogen-bond acceptors (Lipinski definition) is 4. The summed E-state index contributed by atoms with van der Waals surface area (Å²) in [5.74, 6) is -1.88. The second-order valence-corrected chi connectivity index (χ2v) is 7.86. The number of nitrogens with zero attached hydrogens (tertiary/aromatic N) is 4. The number of carboxylic acids is 1. The number of rotatable bonds is 4. The van der Waals surface area contributed by atoms with Crippen LogP contribution in [-0.4, -0.2) is 46.8 Å². The summed E-state index contributed by atoms with van der Waals surface area (Å²) in [6.45, 7) is 1.04. The average Bonchev–Trinajstić information content (AvgIpc) is 3.47. The van der Waals surface area contributed by atoms with Crippen LogP contribution < -0.4 is 10.3 Å². The highest BCUT2D eigenvalue weighted by atomic mass is 19.1. The summed E-state index contributed by atoms with van der Waals surface area (Å²) in [5.41, 5.74) is -0.225. The van der Waals surface area contributed by atoms with Crippen LogP contribution in [0.3, 0.4) is 0 Å². The molecule has 3 heterocycles. The Morgan fingerprint density at radius 2 is 1.97 bits per heavy atom. The average molecular weight is 448 g/mol. The van der Waals surface area contributed by atoms with E-state index in [1.807, 2.05) is 4.90 Å². The van der Waals surface area contributed by atoms with Gasteiger partial charge in [0.25, 0.3) is 0 Å². The zero-order valence-electron chi connectivity index (χ0n) is 17.3. The minimum absolute atomic E-state index is 0.0522. The maximum Gasteiger partial charge on any atom is 0.341 e. The van der Waals surface area contributed by atoms with Crippen molar-refractivity contribution < 1.29 is 18.7 Å². The second kappa shape index (κ2) is 8.09. The normalized spacial score (nSPS) is 18.7. The summed E-state index contributed by atoms with van der Waals surface area (Å²) in [5, 5.41) is 9.41. The fraction of sp³-hybridized carbons (Fsp3) is 0.167. The first-order chi connectivity index (χ1) is 15.9. The topological polar surface area (TPSA) is 87.3 Å². The molecule has 2 aliphatic rings. The van der Waals surface area contributed by atoms with Crippen LogP contribution in [0.15, 0.2) is 69.5 Å². The maximum atomic E-state index is 15.1. The number of anilines is 1. The highest BCUT2D eigenvalue weighted by Crippen LogP contribution is 2.30. The van der Waals surface area contributed by atoms with Crippen molar-refractivity contribution in [2.24, 2.45) is 9.98 Å². The van der Waals surface area contributed by atoms with Crippen LogP contribution in [0.2, 0.25) is 0 Å². The van der Waals surface area contributed by atoms with Gasteiger partial charge in [-0.1, -0.05) is 0 Å². The van der Waals surface area contributed by atoms with E-state index in [-0.39, 0.29) is 17.1 Å². The lowest BCUT2D eigenvalue weighted by molar-refractivity contribution is 0.0695. The monoisotopic (exact) mass is 448 g/mol. The largest absolute Gasteiger partial charge is 0.477 e. The summed E-state index contributed by atoms with van der Waals surface area (Å²) in [6, 6.07) is 7.94. The van der Waals surface area contributed by atoms with Crippen LogP contribution in [0, 0.1) is 11.6 Å². The number of pyridine rings is 1. The fourth-order valence-electron chi connectivity index (χ4n) is 4.17. The first kappa shape index (κ1) is 20.7. The van der Waals surface area contributed by atoms with Crippen molar-refractivity contribution in [3.05, 3.63) is 82.2 Å².